The molecule has 0 spiro atoms. The lowest BCUT2D eigenvalue weighted by Crippen LogP contribution is -2.47. The zero-order chi connectivity index (χ0) is 24.4. The maximum atomic E-state index is 12.2. The maximum Gasteiger partial charge on any atom is 0.257 e. The van der Waals surface area contributed by atoms with Crippen molar-refractivity contribution in [2.24, 2.45) is 0 Å². The van der Waals surface area contributed by atoms with Crippen molar-refractivity contribution in [3.8, 4) is 12.8 Å². The van der Waals surface area contributed by atoms with Gasteiger partial charge in [-0.1, -0.05) is 76.5 Å². The monoisotopic (exact) mass is 455 g/mol. The third kappa shape index (κ3) is 12.3. The van der Waals surface area contributed by atoms with Crippen LogP contribution in [0.25, 0.3) is 0 Å². The number of rotatable bonds is 7. The van der Waals surface area contributed by atoms with Crippen molar-refractivity contribution < 1.29 is 4.79 Å². The summed E-state index contributed by atoms with van der Waals surface area (Å²) in [6, 6.07) is 9.09. The van der Waals surface area contributed by atoms with Gasteiger partial charge in [-0.3, -0.25) is 10.1 Å². The topological polar surface area (TPSA) is 44.4 Å². The zero-order valence-corrected chi connectivity index (χ0v) is 21.0. The highest BCUT2D eigenvalue weighted by Crippen LogP contribution is 2.20. The molecule has 0 saturated carbocycles. The van der Waals surface area contributed by atoms with Gasteiger partial charge in [0, 0.05) is 24.4 Å². The first-order valence-electron chi connectivity index (χ1n) is 11.5. The van der Waals surface area contributed by atoms with E-state index in [2.05, 4.69) is 55.4 Å². The standard InChI is InChI=1S/C19H25N3OS.C6H14.C2H2/c1-14(2)13-22-12-8-7-11-17(15(22)3)20-19(24)21-18(23)16-9-5-4-6-10-16;1-3-5-6-4-2;1-2/h4-6,9-10,17H,1,3,7-8,11-13H2,2H3,(H2,20,21,23,24);3-6H2,1-2H3;1-2H. The first-order chi connectivity index (χ1) is 15.4. The fourth-order valence-electron chi connectivity index (χ4n) is 3.30. The summed E-state index contributed by atoms with van der Waals surface area (Å²) in [6.07, 6.45) is 16.7. The van der Waals surface area contributed by atoms with E-state index in [1.807, 2.05) is 25.1 Å². The summed E-state index contributed by atoms with van der Waals surface area (Å²) < 4.78 is 0. The summed E-state index contributed by atoms with van der Waals surface area (Å²) in [5.74, 6) is -0.203. The summed E-state index contributed by atoms with van der Waals surface area (Å²) in [7, 11) is 0. The average molecular weight is 456 g/mol. The number of hydrogen-bond donors (Lipinski definition) is 2. The molecule has 176 valence electrons. The van der Waals surface area contributed by atoms with Crippen molar-refractivity contribution in [1.29, 1.82) is 0 Å². The molecule has 1 aliphatic heterocycles. The van der Waals surface area contributed by atoms with E-state index in [-0.39, 0.29) is 11.9 Å². The predicted molar refractivity (Wildman–Crippen MR) is 143 cm³/mol. The van der Waals surface area contributed by atoms with Crippen molar-refractivity contribution in [2.75, 3.05) is 13.1 Å². The number of thiocarbonyl (C=S) groups is 1. The van der Waals surface area contributed by atoms with Crippen molar-refractivity contribution >= 4 is 23.2 Å². The minimum absolute atomic E-state index is 0.0374. The Kier molecular flexibility index (Phi) is 16.6. The number of amides is 1. The number of unbranched alkanes of at least 4 members (excludes halogenated alkanes) is 3. The third-order valence-corrected chi connectivity index (χ3v) is 5.19. The number of nitrogens with one attached hydrogen (secondary N) is 2. The fourth-order valence-corrected chi connectivity index (χ4v) is 3.54. The molecule has 1 saturated heterocycles. The highest BCUT2D eigenvalue weighted by molar-refractivity contribution is 7.80. The molecule has 0 aliphatic carbocycles. The molecule has 1 aliphatic rings. The number of nitrogens with zero attached hydrogens (tertiary/aromatic N) is 1. The second-order valence-corrected chi connectivity index (χ2v) is 8.33. The second-order valence-electron chi connectivity index (χ2n) is 7.92. The van der Waals surface area contributed by atoms with Gasteiger partial charge in [-0.2, -0.15) is 0 Å². The lowest BCUT2D eigenvalue weighted by atomic mass is 10.1. The molecule has 1 aromatic rings. The van der Waals surface area contributed by atoms with Crippen molar-refractivity contribution in [1.82, 2.24) is 15.5 Å². The molecule has 0 aromatic heterocycles. The second kappa shape index (κ2) is 18.0. The summed E-state index contributed by atoms with van der Waals surface area (Å²) in [6.45, 7) is 16.5. The summed E-state index contributed by atoms with van der Waals surface area (Å²) >= 11 is 5.31. The number of carbonyl (C=O) groups excluding carboxylic acids is 1. The molecule has 5 heteroatoms. The Bertz CT molecular complexity index is 723. The molecule has 4 nitrogen and oxygen atoms in total. The number of hydrogen-bond acceptors (Lipinski definition) is 3. The lowest BCUT2D eigenvalue weighted by molar-refractivity contribution is 0.0976. The Morgan fingerprint density at radius 2 is 1.75 bits per heavy atom. The van der Waals surface area contributed by atoms with Crippen LogP contribution < -0.4 is 10.6 Å². The van der Waals surface area contributed by atoms with Gasteiger partial charge in [0.2, 0.25) is 0 Å². The molecule has 1 unspecified atom stereocenters. The fraction of sp³-hybridized carbons (Fsp3) is 0.481. The van der Waals surface area contributed by atoms with Gasteiger partial charge in [-0.15, -0.1) is 12.8 Å². The summed E-state index contributed by atoms with van der Waals surface area (Å²) in [4.78, 5) is 14.4. The number of likely N-dealkylation sites (tertiary alicyclic amines) is 1. The van der Waals surface area contributed by atoms with Crippen LogP contribution in [0.3, 0.4) is 0 Å². The van der Waals surface area contributed by atoms with Crippen LogP contribution in [0, 0.1) is 12.8 Å². The van der Waals surface area contributed by atoms with Gasteiger partial charge in [0.15, 0.2) is 5.11 Å². The number of carbonyl (C=O) groups is 1. The van der Waals surface area contributed by atoms with Crippen LogP contribution >= 0.6 is 12.2 Å². The van der Waals surface area contributed by atoms with E-state index in [0.717, 1.165) is 43.6 Å². The normalized spacial score (nSPS) is 15.1. The molecule has 0 radical (unpaired) electrons. The molecule has 1 heterocycles. The van der Waals surface area contributed by atoms with Crippen LogP contribution in [0.2, 0.25) is 0 Å². The van der Waals surface area contributed by atoms with Gasteiger partial charge in [-0.25, -0.2) is 0 Å². The predicted octanol–water partition coefficient (Wildman–Crippen LogP) is 6.07. The van der Waals surface area contributed by atoms with Crippen LogP contribution in [0.5, 0.6) is 0 Å². The molecule has 1 fully saturated rings. The van der Waals surface area contributed by atoms with E-state index in [1.165, 1.54) is 25.7 Å². The van der Waals surface area contributed by atoms with E-state index in [1.54, 1.807) is 12.1 Å². The van der Waals surface area contributed by atoms with Crippen LogP contribution in [-0.4, -0.2) is 35.1 Å². The molecule has 32 heavy (non-hydrogen) atoms. The van der Waals surface area contributed by atoms with Gasteiger partial charge < -0.3 is 10.2 Å². The average Bonchev–Trinajstić information content (AvgIpc) is 2.96. The van der Waals surface area contributed by atoms with Crippen molar-refractivity contribution in [3.63, 3.8) is 0 Å². The van der Waals surface area contributed by atoms with Crippen LogP contribution in [0.4, 0.5) is 0 Å². The summed E-state index contributed by atoms with van der Waals surface area (Å²) in [5, 5.41) is 6.33. The molecular formula is C27H41N3OS. The first kappa shape index (κ1) is 29.4. The number of terminal acetylenes is 1. The highest BCUT2D eigenvalue weighted by atomic mass is 32.1. The van der Waals surface area contributed by atoms with Crippen molar-refractivity contribution in [3.05, 3.63) is 60.3 Å². The van der Waals surface area contributed by atoms with E-state index in [4.69, 9.17) is 12.2 Å². The molecule has 0 bridgehead atoms. The third-order valence-electron chi connectivity index (χ3n) is 4.97. The molecule has 2 N–H and O–H groups in total. The molecule has 1 atom stereocenters. The van der Waals surface area contributed by atoms with E-state index < -0.39 is 0 Å². The van der Waals surface area contributed by atoms with Gasteiger partial charge in [0.25, 0.3) is 5.91 Å². The number of benzene rings is 1. The Morgan fingerprint density at radius 1 is 1.16 bits per heavy atom. The Morgan fingerprint density at radius 3 is 2.28 bits per heavy atom. The largest absolute Gasteiger partial charge is 0.370 e. The Balaban J connectivity index is 0.00000104. The van der Waals surface area contributed by atoms with E-state index in [9.17, 15) is 4.79 Å². The van der Waals surface area contributed by atoms with Gasteiger partial charge >= 0.3 is 0 Å². The van der Waals surface area contributed by atoms with E-state index in [0.29, 0.717) is 10.7 Å². The highest BCUT2D eigenvalue weighted by Gasteiger charge is 2.22. The Hall–Kier alpha value is -2.58. The summed E-state index contributed by atoms with van der Waals surface area (Å²) in [5.41, 5.74) is 2.70. The lowest BCUT2D eigenvalue weighted by Gasteiger charge is -2.30. The smallest absolute Gasteiger partial charge is 0.257 e. The quantitative estimate of drug-likeness (QED) is 0.227. The first-order valence-corrected chi connectivity index (χ1v) is 11.9. The molecular weight excluding hydrogens is 414 g/mol. The molecule has 1 amide bonds. The van der Waals surface area contributed by atoms with Crippen molar-refractivity contribution in [2.45, 2.75) is 71.8 Å². The van der Waals surface area contributed by atoms with Crippen LogP contribution in [-0.2, 0) is 0 Å². The molecule has 1 aromatic carbocycles. The zero-order valence-electron chi connectivity index (χ0n) is 20.2. The minimum Gasteiger partial charge on any atom is -0.370 e. The van der Waals surface area contributed by atoms with Gasteiger partial charge in [-0.05, 0) is 50.5 Å². The van der Waals surface area contributed by atoms with Gasteiger partial charge in [0.05, 0.1) is 6.04 Å². The van der Waals surface area contributed by atoms with Gasteiger partial charge in [0.1, 0.15) is 0 Å². The van der Waals surface area contributed by atoms with Crippen LogP contribution in [0.15, 0.2) is 54.8 Å². The Labute approximate surface area is 201 Å². The minimum atomic E-state index is -0.203. The molecule has 2 rings (SSSR count). The van der Waals surface area contributed by atoms with Crippen LogP contribution in [0.1, 0.15) is 76.1 Å². The van der Waals surface area contributed by atoms with E-state index >= 15 is 0 Å². The SMILES string of the molecule is C#C.C=C(C)CN1CCCCC(NC(=S)NC(=O)c2ccccc2)C1=C.CCCCCC. The maximum absolute atomic E-state index is 12.2.